The summed E-state index contributed by atoms with van der Waals surface area (Å²) in [7, 11) is 3.63. The Balaban J connectivity index is 1.67. The number of hydrogen-bond donors (Lipinski definition) is 2. The summed E-state index contributed by atoms with van der Waals surface area (Å²) in [4.78, 5) is 36.0. The number of benzene rings is 1. The number of para-hydroxylation sites is 1. The van der Waals surface area contributed by atoms with Crippen molar-refractivity contribution in [1.29, 1.82) is 0 Å². The molecule has 1 atom stereocenters. The molecule has 2 aromatic heterocycles. The predicted octanol–water partition coefficient (Wildman–Crippen LogP) is -0.0766. The van der Waals surface area contributed by atoms with Gasteiger partial charge in [0.25, 0.3) is 5.56 Å². The van der Waals surface area contributed by atoms with Crippen molar-refractivity contribution >= 4 is 17.1 Å². The molecule has 1 aromatic carbocycles. The van der Waals surface area contributed by atoms with Gasteiger partial charge in [0.2, 0.25) is 5.95 Å². The highest BCUT2D eigenvalue weighted by Crippen LogP contribution is 2.22. The highest BCUT2D eigenvalue weighted by Gasteiger charge is 2.25. The minimum Gasteiger partial charge on any atom is -0.491 e. The van der Waals surface area contributed by atoms with E-state index in [1.54, 1.807) is 11.6 Å². The third-order valence-corrected chi connectivity index (χ3v) is 5.69. The van der Waals surface area contributed by atoms with Crippen LogP contribution >= 0.6 is 0 Å². The van der Waals surface area contributed by atoms with Gasteiger partial charge in [-0.25, -0.2) is 4.79 Å². The summed E-state index contributed by atoms with van der Waals surface area (Å²) < 4.78 is 8.81. The molecule has 0 unspecified atom stereocenters. The molecule has 4 rings (SSSR count). The van der Waals surface area contributed by atoms with Crippen LogP contribution in [0.5, 0.6) is 5.75 Å². The highest BCUT2D eigenvalue weighted by atomic mass is 16.5. The fourth-order valence-corrected chi connectivity index (χ4v) is 3.81. The van der Waals surface area contributed by atoms with Crippen molar-refractivity contribution in [2.75, 3.05) is 44.7 Å². The van der Waals surface area contributed by atoms with Crippen molar-refractivity contribution in [2.24, 2.45) is 7.05 Å². The van der Waals surface area contributed by atoms with Gasteiger partial charge in [-0.3, -0.25) is 14.3 Å². The van der Waals surface area contributed by atoms with E-state index in [0.717, 1.165) is 31.7 Å². The Hall–Kier alpha value is -3.11. The number of likely N-dealkylation sites (N-methyl/N-ethyl adjacent to an activating group) is 1. The van der Waals surface area contributed by atoms with Crippen LogP contribution in [0.1, 0.15) is 5.56 Å². The first-order valence-electron chi connectivity index (χ1n) is 10.3. The first kappa shape index (κ1) is 21.1. The van der Waals surface area contributed by atoms with E-state index >= 15 is 0 Å². The first-order chi connectivity index (χ1) is 14.8. The third kappa shape index (κ3) is 4.21. The predicted molar refractivity (Wildman–Crippen MR) is 118 cm³/mol. The molecule has 0 radical (unpaired) electrons. The lowest BCUT2D eigenvalue weighted by Crippen LogP contribution is -2.45. The molecule has 2 N–H and O–H groups in total. The molecule has 1 aliphatic rings. The summed E-state index contributed by atoms with van der Waals surface area (Å²) in [5.41, 5.74) is 0.515. The standard InChI is InChI=1S/C21H28N6O4/c1-14-6-4-5-7-16(14)31-13-15(28)12-27-17-18(25(3)21(30)23-19(17)29)22-20(27)26-10-8-24(2)9-11-26/h4-7,15,28H,8-13H2,1-3H3,(H,23,29,30)/t15-/m1/s1. The fourth-order valence-electron chi connectivity index (χ4n) is 3.81. The lowest BCUT2D eigenvalue weighted by molar-refractivity contribution is 0.0932. The van der Waals surface area contributed by atoms with Crippen LogP contribution in [0.4, 0.5) is 5.95 Å². The van der Waals surface area contributed by atoms with E-state index in [1.807, 2.05) is 31.2 Å². The van der Waals surface area contributed by atoms with Gasteiger partial charge in [0.15, 0.2) is 11.2 Å². The summed E-state index contributed by atoms with van der Waals surface area (Å²) in [6.07, 6.45) is -0.875. The van der Waals surface area contributed by atoms with Gasteiger partial charge in [-0.05, 0) is 25.6 Å². The largest absolute Gasteiger partial charge is 0.491 e. The molecule has 3 aromatic rings. The van der Waals surface area contributed by atoms with E-state index in [-0.39, 0.29) is 18.7 Å². The van der Waals surface area contributed by atoms with Crippen LogP contribution in [0.2, 0.25) is 0 Å². The molecular formula is C21H28N6O4. The van der Waals surface area contributed by atoms with E-state index in [4.69, 9.17) is 4.74 Å². The van der Waals surface area contributed by atoms with Crippen LogP contribution < -0.4 is 20.9 Å². The molecule has 0 bridgehead atoms. The minimum atomic E-state index is -0.875. The maximum atomic E-state index is 12.7. The smallest absolute Gasteiger partial charge is 0.329 e. The number of anilines is 1. The second-order valence-electron chi connectivity index (χ2n) is 8.03. The van der Waals surface area contributed by atoms with E-state index in [0.29, 0.717) is 17.3 Å². The Morgan fingerprint density at radius 2 is 1.87 bits per heavy atom. The van der Waals surface area contributed by atoms with Gasteiger partial charge in [-0.1, -0.05) is 18.2 Å². The van der Waals surface area contributed by atoms with E-state index in [9.17, 15) is 14.7 Å². The number of aliphatic hydroxyl groups excluding tert-OH is 1. The number of aromatic amines is 1. The maximum Gasteiger partial charge on any atom is 0.329 e. The number of aliphatic hydroxyl groups is 1. The van der Waals surface area contributed by atoms with E-state index in [1.165, 1.54) is 4.57 Å². The first-order valence-corrected chi connectivity index (χ1v) is 10.3. The zero-order valence-electron chi connectivity index (χ0n) is 18.0. The number of aryl methyl sites for hydroxylation is 2. The number of hydrogen-bond acceptors (Lipinski definition) is 7. The Labute approximate surface area is 179 Å². The van der Waals surface area contributed by atoms with Crippen LogP contribution in [0, 0.1) is 6.92 Å². The second kappa shape index (κ2) is 8.56. The average Bonchev–Trinajstić information content (AvgIpc) is 3.12. The third-order valence-electron chi connectivity index (χ3n) is 5.69. The average molecular weight is 428 g/mol. The van der Waals surface area contributed by atoms with Crippen molar-refractivity contribution in [3.63, 3.8) is 0 Å². The molecule has 0 spiro atoms. The zero-order chi connectivity index (χ0) is 22.1. The minimum absolute atomic E-state index is 0.0658. The van der Waals surface area contributed by atoms with Crippen molar-refractivity contribution in [3.05, 3.63) is 50.7 Å². The van der Waals surface area contributed by atoms with Crippen molar-refractivity contribution in [3.8, 4) is 5.75 Å². The number of nitrogens with zero attached hydrogens (tertiary/aromatic N) is 5. The molecule has 0 saturated carbocycles. The van der Waals surface area contributed by atoms with Crippen LogP contribution in [0.25, 0.3) is 11.2 Å². The number of rotatable bonds is 6. The monoisotopic (exact) mass is 428 g/mol. The SMILES string of the molecule is Cc1ccccc1OC[C@H](O)Cn1c(N2CCN(C)CC2)nc2c1c(=O)[nH]c(=O)n2C. The van der Waals surface area contributed by atoms with Crippen LogP contribution in [-0.2, 0) is 13.6 Å². The highest BCUT2D eigenvalue weighted by molar-refractivity contribution is 5.74. The number of aromatic nitrogens is 4. The maximum absolute atomic E-state index is 12.7. The molecule has 166 valence electrons. The van der Waals surface area contributed by atoms with E-state index < -0.39 is 17.4 Å². The zero-order valence-corrected chi connectivity index (χ0v) is 18.0. The Morgan fingerprint density at radius 3 is 2.58 bits per heavy atom. The van der Waals surface area contributed by atoms with Gasteiger partial charge in [0, 0.05) is 33.2 Å². The van der Waals surface area contributed by atoms with E-state index in [2.05, 4.69) is 26.8 Å². The fraction of sp³-hybridized carbons (Fsp3) is 0.476. The number of H-pyrrole nitrogens is 1. The second-order valence-corrected chi connectivity index (χ2v) is 8.03. The lowest BCUT2D eigenvalue weighted by atomic mass is 10.2. The van der Waals surface area contributed by atoms with Crippen LogP contribution in [-0.4, -0.2) is 75.0 Å². The summed E-state index contributed by atoms with van der Waals surface area (Å²) in [6.45, 7) is 5.32. The quantitative estimate of drug-likeness (QED) is 0.565. The van der Waals surface area contributed by atoms with Crippen molar-refractivity contribution < 1.29 is 9.84 Å². The molecule has 3 heterocycles. The summed E-state index contributed by atoms with van der Waals surface area (Å²) in [5, 5.41) is 10.7. The number of fused-ring (bicyclic) bond motifs is 1. The Kier molecular flexibility index (Phi) is 5.84. The molecule has 1 saturated heterocycles. The Bertz CT molecular complexity index is 1190. The molecule has 0 aliphatic carbocycles. The van der Waals surface area contributed by atoms with Gasteiger partial charge in [0.05, 0.1) is 6.54 Å². The molecule has 0 amide bonds. The molecule has 10 heteroatoms. The molecule has 1 fully saturated rings. The van der Waals surface area contributed by atoms with Gasteiger partial charge in [0.1, 0.15) is 18.5 Å². The van der Waals surface area contributed by atoms with Gasteiger partial charge >= 0.3 is 5.69 Å². The van der Waals surface area contributed by atoms with Crippen LogP contribution in [0.15, 0.2) is 33.9 Å². The number of nitrogens with one attached hydrogen (secondary N) is 1. The number of ether oxygens (including phenoxy) is 1. The number of imidazole rings is 1. The van der Waals surface area contributed by atoms with Gasteiger partial charge in [-0.15, -0.1) is 0 Å². The normalized spacial score (nSPS) is 16.1. The molecule has 31 heavy (non-hydrogen) atoms. The summed E-state index contributed by atoms with van der Waals surface area (Å²) in [6, 6.07) is 7.60. The summed E-state index contributed by atoms with van der Waals surface area (Å²) in [5.74, 6) is 1.28. The Morgan fingerprint density at radius 1 is 1.16 bits per heavy atom. The molecule has 1 aliphatic heterocycles. The number of piperazine rings is 1. The van der Waals surface area contributed by atoms with Crippen molar-refractivity contribution in [1.82, 2.24) is 24.0 Å². The molecular weight excluding hydrogens is 400 g/mol. The molecule has 10 nitrogen and oxygen atoms in total. The van der Waals surface area contributed by atoms with Crippen molar-refractivity contribution in [2.45, 2.75) is 19.6 Å². The lowest BCUT2D eigenvalue weighted by Gasteiger charge is -2.33. The topological polar surface area (TPSA) is 109 Å². The van der Waals surface area contributed by atoms with Gasteiger partial charge < -0.3 is 24.2 Å². The van der Waals surface area contributed by atoms with Gasteiger partial charge in [-0.2, -0.15) is 4.98 Å². The van der Waals surface area contributed by atoms with Crippen LogP contribution in [0.3, 0.4) is 0 Å². The summed E-state index contributed by atoms with van der Waals surface area (Å²) >= 11 is 0.